The quantitative estimate of drug-likeness (QED) is 0.655. The van der Waals surface area contributed by atoms with Crippen LogP contribution in [0.3, 0.4) is 0 Å². The van der Waals surface area contributed by atoms with Gasteiger partial charge in [-0.15, -0.1) is 0 Å². The molecular formula is C23H20O. The zero-order valence-corrected chi connectivity index (χ0v) is 14.0. The zero-order chi connectivity index (χ0) is 17.1. The molecule has 24 heavy (non-hydrogen) atoms. The van der Waals surface area contributed by atoms with E-state index in [1.807, 2.05) is 48.6 Å². The molecule has 0 spiro atoms. The van der Waals surface area contributed by atoms with Gasteiger partial charge in [0.1, 0.15) is 0 Å². The number of carbonyl (C=O) groups is 1. The van der Waals surface area contributed by atoms with Crippen molar-refractivity contribution in [1.82, 2.24) is 0 Å². The summed E-state index contributed by atoms with van der Waals surface area (Å²) in [6.45, 7) is 8.35. The minimum absolute atomic E-state index is 0.0391. The van der Waals surface area contributed by atoms with Gasteiger partial charge in [-0.2, -0.15) is 0 Å². The van der Waals surface area contributed by atoms with Gasteiger partial charge in [-0.3, -0.25) is 4.79 Å². The van der Waals surface area contributed by atoms with E-state index in [1.165, 1.54) is 16.7 Å². The summed E-state index contributed by atoms with van der Waals surface area (Å²) >= 11 is 0. The van der Waals surface area contributed by atoms with Crippen LogP contribution in [0.5, 0.6) is 0 Å². The predicted octanol–water partition coefficient (Wildman–Crippen LogP) is 5.79. The summed E-state index contributed by atoms with van der Waals surface area (Å²) in [6.07, 6.45) is 7.68. The Morgan fingerprint density at radius 2 is 1.67 bits per heavy atom. The van der Waals surface area contributed by atoms with E-state index in [1.54, 1.807) is 6.08 Å². The first kappa shape index (κ1) is 15.9. The standard InChI is InChI=1S/C23H20O/c1-16-9-4-5-12-20(16)17(2)10-8-11-19-15-23(24)22-14-7-6-13-21(22)18(19)3/h4-15H,3H2,1-2H3/b11-8-,17-10+. The average Bonchev–Trinajstić information content (AvgIpc) is 2.59. The highest BCUT2D eigenvalue weighted by Gasteiger charge is 2.18. The Morgan fingerprint density at radius 1 is 1.00 bits per heavy atom. The van der Waals surface area contributed by atoms with Crippen molar-refractivity contribution >= 4 is 16.9 Å². The van der Waals surface area contributed by atoms with Crippen molar-refractivity contribution < 1.29 is 4.79 Å². The van der Waals surface area contributed by atoms with Crippen LogP contribution in [0.25, 0.3) is 11.1 Å². The Labute approximate surface area is 143 Å². The van der Waals surface area contributed by atoms with E-state index in [0.717, 1.165) is 22.3 Å². The summed E-state index contributed by atoms with van der Waals surface area (Å²) in [5, 5.41) is 0. The van der Waals surface area contributed by atoms with Crippen molar-refractivity contribution in [3.05, 3.63) is 107 Å². The number of fused-ring (bicyclic) bond motifs is 1. The normalized spacial score (nSPS) is 14.8. The van der Waals surface area contributed by atoms with E-state index in [9.17, 15) is 4.79 Å². The highest BCUT2D eigenvalue weighted by atomic mass is 16.1. The van der Waals surface area contributed by atoms with Gasteiger partial charge in [0.05, 0.1) is 0 Å². The first-order chi connectivity index (χ1) is 11.6. The summed E-state index contributed by atoms with van der Waals surface area (Å²) in [5.41, 5.74) is 7.09. The Balaban J connectivity index is 1.86. The van der Waals surface area contributed by atoms with Gasteiger partial charge >= 0.3 is 0 Å². The molecule has 0 radical (unpaired) electrons. The lowest BCUT2D eigenvalue weighted by Crippen LogP contribution is -2.07. The van der Waals surface area contributed by atoms with E-state index in [-0.39, 0.29) is 5.78 Å². The molecule has 1 aliphatic rings. The van der Waals surface area contributed by atoms with Crippen LogP contribution in [-0.2, 0) is 0 Å². The molecule has 118 valence electrons. The molecule has 0 fully saturated rings. The molecule has 1 nitrogen and oxygen atoms in total. The Kier molecular flexibility index (Phi) is 4.43. The van der Waals surface area contributed by atoms with Gasteiger partial charge in [0, 0.05) is 5.56 Å². The maximum absolute atomic E-state index is 12.2. The third kappa shape index (κ3) is 3.07. The summed E-state index contributed by atoms with van der Waals surface area (Å²) in [4.78, 5) is 12.2. The third-order valence-electron chi connectivity index (χ3n) is 4.34. The van der Waals surface area contributed by atoms with Crippen molar-refractivity contribution in [3.63, 3.8) is 0 Å². The molecule has 0 saturated carbocycles. The molecule has 2 aromatic rings. The van der Waals surface area contributed by atoms with Crippen molar-refractivity contribution in [1.29, 1.82) is 0 Å². The lowest BCUT2D eigenvalue weighted by molar-refractivity contribution is 0.104. The van der Waals surface area contributed by atoms with Crippen LogP contribution in [-0.4, -0.2) is 5.78 Å². The van der Waals surface area contributed by atoms with Gasteiger partial charge in [-0.05, 0) is 53.3 Å². The number of ketones is 1. The number of carbonyl (C=O) groups excluding carboxylic acids is 1. The van der Waals surface area contributed by atoms with Crippen LogP contribution in [0.1, 0.15) is 34.0 Å². The van der Waals surface area contributed by atoms with E-state index in [2.05, 4.69) is 38.6 Å². The van der Waals surface area contributed by atoms with Gasteiger partial charge in [0.2, 0.25) is 0 Å². The minimum atomic E-state index is 0.0391. The Morgan fingerprint density at radius 3 is 2.42 bits per heavy atom. The summed E-state index contributed by atoms with van der Waals surface area (Å²) in [5.74, 6) is 0.0391. The van der Waals surface area contributed by atoms with Crippen LogP contribution in [0.4, 0.5) is 0 Å². The number of aryl methyl sites for hydroxylation is 1. The molecule has 0 atom stereocenters. The van der Waals surface area contributed by atoms with Gasteiger partial charge < -0.3 is 0 Å². The molecule has 0 aliphatic heterocycles. The number of benzene rings is 2. The highest BCUT2D eigenvalue weighted by Crippen LogP contribution is 2.30. The topological polar surface area (TPSA) is 17.1 Å². The fourth-order valence-corrected chi connectivity index (χ4v) is 2.97. The molecule has 1 heteroatoms. The number of hydrogen-bond acceptors (Lipinski definition) is 1. The number of rotatable bonds is 3. The first-order valence-electron chi connectivity index (χ1n) is 8.03. The second-order valence-electron chi connectivity index (χ2n) is 6.01. The lowest BCUT2D eigenvalue weighted by Gasteiger charge is -2.16. The summed E-state index contributed by atoms with van der Waals surface area (Å²) in [7, 11) is 0. The van der Waals surface area contributed by atoms with Gasteiger partial charge in [-0.25, -0.2) is 0 Å². The van der Waals surface area contributed by atoms with Crippen molar-refractivity contribution in [2.45, 2.75) is 13.8 Å². The third-order valence-corrected chi connectivity index (χ3v) is 4.34. The van der Waals surface area contributed by atoms with Crippen LogP contribution in [0.15, 0.2) is 85.0 Å². The zero-order valence-electron chi connectivity index (χ0n) is 14.0. The molecule has 0 bridgehead atoms. The fraction of sp³-hybridized carbons (Fsp3) is 0.0870. The van der Waals surface area contributed by atoms with E-state index >= 15 is 0 Å². The molecular weight excluding hydrogens is 292 g/mol. The Bertz CT molecular complexity index is 907. The predicted molar refractivity (Wildman–Crippen MR) is 102 cm³/mol. The monoisotopic (exact) mass is 312 g/mol. The largest absolute Gasteiger partial charge is 0.289 e. The first-order valence-corrected chi connectivity index (χ1v) is 8.03. The molecule has 0 aromatic heterocycles. The lowest BCUT2D eigenvalue weighted by atomic mass is 9.87. The maximum Gasteiger partial charge on any atom is 0.187 e. The van der Waals surface area contributed by atoms with Crippen LogP contribution < -0.4 is 0 Å². The molecule has 0 N–H and O–H groups in total. The minimum Gasteiger partial charge on any atom is -0.289 e. The van der Waals surface area contributed by atoms with Crippen molar-refractivity contribution in [2.75, 3.05) is 0 Å². The van der Waals surface area contributed by atoms with Crippen molar-refractivity contribution in [3.8, 4) is 0 Å². The second-order valence-corrected chi connectivity index (χ2v) is 6.01. The molecule has 0 amide bonds. The molecule has 0 unspecified atom stereocenters. The molecule has 0 saturated heterocycles. The van der Waals surface area contributed by atoms with Crippen LogP contribution >= 0.6 is 0 Å². The second kappa shape index (κ2) is 6.67. The summed E-state index contributed by atoms with van der Waals surface area (Å²) in [6, 6.07) is 15.9. The molecule has 1 aliphatic carbocycles. The number of allylic oxidation sites excluding steroid dienone is 7. The highest BCUT2D eigenvalue weighted by molar-refractivity contribution is 6.14. The van der Waals surface area contributed by atoms with Crippen LogP contribution in [0.2, 0.25) is 0 Å². The van der Waals surface area contributed by atoms with Crippen molar-refractivity contribution in [2.24, 2.45) is 0 Å². The smallest absolute Gasteiger partial charge is 0.187 e. The molecule has 2 aromatic carbocycles. The number of hydrogen-bond donors (Lipinski definition) is 0. The summed E-state index contributed by atoms with van der Waals surface area (Å²) < 4.78 is 0. The average molecular weight is 312 g/mol. The van der Waals surface area contributed by atoms with Gasteiger partial charge in [-0.1, -0.05) is 73.3 Å². The molecule has 3 rings (SSSR count). The SMILES string of the molecule is C=C1C(/C=C\C=C(/C)c2ccccc2C)=CC(=O)c2ccccc21. The Hall–Kier alpha value is -2.93. The van der Waals surface area contributed by atoms with Gasteiger partial charge in [0.25, 0.3) is 0 Å². The van der Waals surface area contributed by atoms with E-state index in [4.69, 9.17) is 0 Å². The van der Waals surface area contributed by atoms with Gasteiger partial charge in [0.15, 0.2) is 5.78 Å². The van der Waals surface area contributed by atoms with E-state index in [0.29, 0.717) is 0 Å². The fourth-order valence-electron chi connectivity index (χ4n) is 2.97. The van der Waals surface area contributed by atoms with Crippen LogP contribution in [0, 0.1) is 6.92 Å². The molecule has 0 heterocycles. The van der Waals surface area contributed by atoms with E-state index < -0.39 is 0 Å². The maximum atomic E-state index is 12.2.